The molecule has 0 aliphatic carbocycles. The molecule has 0 bridgehead atoms. The number of anilines is 1. The summed E-state index contributed by atoms with van der Waals surface area (Å²) in [5, 5.41) is 3.32. The molecule has 0 amide bonds. The lowest BCUT2D eigenvalue weighted by molar-refractivity contribution is 0.572. The highest BCUT2D eigenvalue weighted by atomic mass is 79.9. The van der Waals surface area contributed by atoms with Gasteiger partial charge in [-0.25, -0.2) is 4.98 Å². The molecule has 1 N–H and O–H groups in total. The monoisotopic (exact) mass is 304 g/mol. The largest absolute Gasteiger partial charge is 0.369 e. The molecule has 0 fully saturated rings. The van der Waals surface area contributed by atoms with Crippen LogP contribution in [0.2, 0.25) is 0 Å². The molecule has 16 heavy (non-hydrogen) atoms. The van der Waals surface area contributed by atoms with E-state index in [1.807, 2.05) is 13.1 Å². The highest BCUT2D eigenvalue weighted by Gasteiger charge is 2.02. The third kappa shape index (κ3) is 4.71. The van der Waals surface area contributed by atoms with Crippen molar-refractivity contribution in [2.24, 2.45) is 5.92 Å². The molecule has 1 atom stereocenters. The van der Waals surface area contributed by atoms with Crippen molar-refractivity contribution in [2.75, 3.05) is 17.7 Å². The number of nitrogens with one attached hydrogen (secondary N) is 1. The van der Waals surface area contributed by atoms with Gasteiger partial charge in [-0.1, -0.05) is 6.92 Å². The van der Waals surface area contributed by atoms with Crippen molar-refractivity contribution in [1.82, 2.24) is 4.98 Å². The Hall–Kier alpha value is -0.280. The second-order valence-electron chi connectivity index (χ2n) is 4.17. The number of rotatable bonds is 6. The normalized spacial score (nSPS) is 12.5. The Bertz CT molecular complexity index is 331. The van der Waals surface area contributed by atoms with Crippen molar-refractivity contribution in [2.45, 2.75) is 26.7 Å². The number of hydrogen-bond donors (Lipinski definition) is 1. The fourth-order valence-electron chi connectivity index (χ4n) is 1.40. The quantitative estimate of drug-likeness (QED) is 0.629. The molecule has 0 radical (unpaired) electrons. The molecular formula is C12H18BrClN2. The van der Waals surface area contributed by atoms with E-state index < -0.39 is 0 Å². The second kappa shape index (κ2) is 7.13. The molecule has 1 aromatic rings. The second-order valence-corrected chi connectivity index (χ2v) is 5.33. The molecule has 1 unspecified atom stereocenters. The van der Waals surface area contributed by atoms with Crippen molar-refractivity contribution in [3.63, 3.8) is 0 Å². The summed E-state index contributed by atoms with van der Waals surface area (Å²) in [5.74, 6) is 2.26. The van der Waals surface area contributed by atoms with E-state index in [1.165, 1.54) is 0 Å². The minimum Gasteiger partial charge on any atom is -0.369 e. The van der Waals surface area contributed by atoms with Gasteiger partial charge in [-0.2, -0.15) is 0 Å². The molecular weight excluding hydrogens is 288 g/mol. The Morgan fingerprint density at radius 3 is 2.94 bits per heavy atom. The average Bonchev–Trinajstić information content (AvgIpc) is 2.26. The van der Waals surface area contributed by atoms with Gasteiger partial charge in [0.25, 0.3) is 0 Å². The molecule has 0 saturated heterocycles. The van der Waals surface area contributed by atoms with Crippen LogP contribution in [-0.2, 0) is 0 Å². The number of aryl methyl sites for hydroxylation is 1. The summed E-state index contributed by atoms with van der Waals surface area (Å²) in [6.45, 7) is 5.15. The van der Waals surface area contributed by atoms with Gasteiger partial charge in [0.15, 0.2) is 0 Å². The number of hydrogen-bond acceptors (Lipinski definition) is 2. The van der Waals surface area contributed by atoms with Crippen molar-refractivity contribution in [3.05, 3.63) is 22.3 Å². The van der Waals surface area contributed by atoms with Crippen molar-refractivity contribution >= 4 is 33.3 Å². The molecule has 1 rings (SSSR count). The fraction of sp³-hybridized carbons (Fsp3) is 0.583. The van der Waals surface area contributed by atoms with E-state index >= 15 is 0 Å². The van der Waals surface area contributed by atoms with Crippen LogP contribution >= 0.6 is 27.5 Å². The SMILES string of the molecule is Cc1cnc(NCCCC(C)CCl)c(Br)c1. The predicted octanol–water partition coefficient (Wildman–Crippen LogP) is 4.22. The minimum atomic E-state index is 0.595. The summed E-state index contributed by atoms with van der Waals surface area (Å²) in [7, 11) is 0. The van der Waals surface area contributed by atoms with Gasteiger partial charge in [-0.05, 0) is 53.2 Å². The van der Waals surface area contributed by atoms with E-state index in [0.29, 0.717) is 5.92 Å². The zero-order chi connectivity index (χ0) is 12.0. The molecule has 0 aliphatic rings. The van der Waals surface area contributed by atoms with Gasteiger partial charge in [0.2, 0.25) is 0 Å². The summed E-state index contributed by atoms with van der Waals surface area (Å²) in [6, 6.07) is 2.07. The molecule has 0 aromatic carbocycles. The highest BCUT2D eigenvalue weighted by Crippen LogP contribution is 2.20. The van der Waals surface area contributed by atoms with Gasteiger partial charge in [0.05, 0.1) is 4.47 Å². The highest BCUT2D eigenvalue weighted by molar-refractivity contribution is 9.10. The van der Waals surface area contributed by atoms with Crippen molar-refractivity contribution in [1.29, 1.82) is 0 Å². The first-order valence-corrected chi connectivity index (χ1v) is 6.88. The van der Waals surface area contributed by atoms with Gasteiger partial charge in [0, 0.05) is 18.6 Å². The average molecular weight is 306 g/mol. The molecule has 0 aliphatic heterocycles. The standard InChI is InChI=1S/C12H18BrClN2/c1-9(7-14)4-3-5-15-12-11(13)6-10(2)8-16-12/h6,8-9H,3-5,7H2,1-2H3,(H,15,16). The Balaban J connectivity index is 2.32. The molecule has 0 saturated carbocycles. The van der Waals surface area contributed by atoms with Crippen LogP contribution in [0.5, 0.6) is 0 Å². The van der Waals surface area contributed by atoms with Crippen LogP contribution in [-0.4, -0.2) is 17.4 Å². The molecule has 90 valence electrons. The van der Waals surface area contributed by atoms with Crippen molar-refractivity contribution < 1.29 is 0 Å². The first-order valence-electron chi connectivity index (χ1n) is 5.55. The van der Waals surface area contributed by atoms with Crippen LogP contribution in [0.3, 0.4) is 0 Å². The first-order chi connectivity index (χ1) is 7.63. The van der Waals surface area contributed by atoms with E-state index in [1.54, 1.807) is 0 Å². The van der Waals surface area contributed by atoms with Crippen molar-refractivity contribution in [3.8, 4) is 0 Å². The summed E-state index contributed by atoms with van der Waals surface area (Å²) >= 11 is 9.25. The smallest absolute Gasteiger partial charge is 0.140 e. The molecule has 4 heteroatoms. The van der Waals surface area contributed by atoms with E-state index in [-0.39, 0.29) is 0 Å². The molecule has 0 spiro atoms. The summed E-state index contributed by atoms with van der Waals surface area (Å²) in [6.07, 6.45) is 4.14. The van der Waals surface area contributed by atoms with Crippen LogP contribution in [0.15, 0.2) is 16.7 Å². The number of aromatic nitrogens is 1. The van der Waals surface area contributed by atoms with Gasteiger partial charge in [-0.3, -0.25) is 0 Å². The Kier molecular flexibility index (Phi) is 6.14. The van der Waals surface area contributed by atoms with Crippen LogP contribution in [0.1, 0.15) is 25.3 Å². The first kappa shape index (κ1) is 13.8. The Morgan fingerprint density at radius 2 is 2.31 bits per heavy atom. The van der Waals surface area contributed by atoms with Gasteiger partial charge >= 0.3 is 0 Å². The summed E-state index contributed by atoms with van der Waals surface area (Å²) in [4.78, 5) is 4.33. The predicted molar refractivity (Wildman–Crippen MR) is 74.3 cm³/mol. The number of halogens is 2. The fourth-order valence-corrected chi connectivity index (χ4v) is 2.16. The number of nitrogens with zero attached hydrogens (tertiary/aromatic N) is 1. The van der Waals surface area contributed by atoms with Crippen LogP contribution in [0, 0.1) is 12.8 Å². The van der Waals surface area contributed by atoms with E-state index in [9.17, 15) is 0 Å². The maximum absolute atomic E-state index is 5.75. The van der Waals surface area contributed by atoms with E-state index in [0.717, 1.165) is 41.1 Å². The topological polar surface area (TPSA) is 24.9 Å². The maximum atomic E-state index is 5.75. The number of alkyl halides is 1. The minimum absolute atomic E-state index is 0.595. The van der Waals surface area contributed by atoms with E-state index in [2.05, 4.69) is 39.2 Å². The van der Waals surface area contributed by atoms with Crippen LogP contribution < -0.4 is 5.32 Å². The summed E-state index contributed by atoms with van der Waals surface area (Å²) < 4.78 is 1.03. The lowest BCUT2D eigenvalue weighted by Gasteiger charge is -2.10. The summed E-state index contributed by atoms with van der Waals surface area (Å²) in [5.41, 5.74) is 1.16. The van der Waals surface area contributed by atoms with Gasteiger partial charge in [-0.15, -0.1) is 11.6 Å². The third-order valence-electron chi connectivity index (χ3n) is 2.41. The van der Waals surface area contributed by atoms with Gasteiger partial charge < -0.3 is 5.32 Å². The molecule has 1 heterocycles. The molecule has 2 nitrogen and oxygen atoms in total. The van der Waals surface area contributed by atoms with Crippen LogP contribution in [0.25, 0.3) is 0 Å². The Labute approximate surface area is 111 Å². The van der Waals surface area contributed by atoms with E-state index in [4.69, 9.17) is 11.6 Å². The lowest BCUT2D eigenvalue weighted by Crippen LogP contribution is -2.06. The third-order valence-corrected chi connectivity index (χ3v) is 3.54. The zero-order valence-electron chi connectivity index (χ0n) is 9.76. The Morgan fingerprint density at radius 1 is 1.56 bits per heavy atom. The number of pyridine rings is 1. The van der Waals surface area contributed by atoms with Gasteiger partial charge in [0.1, 0.15) is 5.82 Å². The lowest BCUT2D eigenvalue weighted by atomic mass is 10.1. The molecule has 1 aromatic heterocycles. The van der Waals surface area contributed by atoms with Crippen LogP contribution in [0.4, 0.5) is 5.82 Å². The zero-order valence-corrected chi connectivity index (χ0v) is 12.1. The maximum Gasteiger partial charge on any atom is 0.140 e.